The molecular formula is C13H22N4S. The van der Waals surface area contributed by atoms with Crippen LogP contribution in [0.3, 0.4) is 0 Å². The van der Waals surface area contributed by atoms with E-state index in [4.69, 9.17) is 0 Å². The van der Waals surface area contributed by atoms with E-state index in [1.807, 2.05) is 18.7 Å². The lowest BCUT2D eigenvalue weighted by molar-refractivity contribution is 0.766. The molecule has 100 valence electrons. The van der Waals surface area contributed by atoms with Crippen LogP contribution in [-0.2, 0) is 0 Å². The molecule has 0 saturated carbocycles. The maximum absolute atomic E-state index is 4.62. The monoisotopic (exact) mass is 266 g/mol. The van der Waals surface area contributed by atoms with Crippen LogP contribution in [0, 0.1) is 6.92 Å². The molecule has 1 unspecified atom stereocenters. The minimum Gasteiger partial charge on any atom is -0.355 e. The molecule has 1 saturated heterocycles. The largest absolute Gasteiger partial charge is 0.355 e. The first-order valence-electron chi connectivity index (χ1n) is 6.65. The highest BCUT2D eigenvalue weighted by atomic mass is 32.2. The molecular weight excluding hydrogens is 244 g/mol. The Labute approximate surface area is 114 Å². The van der Waals surface area contributed by atoms with E-state index in [1.54, 1.807) is 0 Å². The van der Waals surface area contributed by atoms with Crippen molar-refractivity contribution in [1.29, 1.82) is 0 Å². The third-order valence-corrected chi connectivity index (χ3v) is 4.08. The quantitative estimate of drug-likeness (QED) is 0.907. The van der Waals surface area contributed by atoms with Gasteiger partial charge in [0.1, 0.15) is 5.82 Å². The number of hydrogen-bond acceptors (Lipinski definition) is 5. The van der Waals surface area contributed by atoms with Crippen molar-refractivity contribution in [3.05, 3.63) is 11.8 Å². The Hall–Kier alpha value is -0.970. The van der Waals surface area contributed by atoms with Gasteiger partial charge in [0, 0.05) is 42.4 Å². The molecule has 2 rings (SSSR count). The second kappa shape index (κ2) is 6.27. The number of hydrogen-bond donors (Lipinski definition) is 1. The number of aromatic nitrogens is 2. The van der Waals surface area contributed by atoms with Crippen LogP contribution in [0.2, 0.25) is 0 Å². The molecule has 1 aromatic rings. The summed E-state index contributed by atoms with van der Waals surface area (Å²) >= 11 is 2.04. The Morgan fingerprint density at radius 3 is 3.06 bits per heavy atom. The lowest BCUT2D eigenvalue weighted by Crippen LogP contribution is -2.37. The van der Waals surface area contributed by atoms with Gasteiger partial charge in [-0.1, -0.05) is 13.8 Å². The second-order valence-corrected chi connectivity index (χ2v) is 6.29. The lowest BCUT2D eigenvalue weighted by Gasteiger charge is -2.31. The van der Waals surface area contributed by atoms with E-state index < -0.39 is 0 Å². The van der Waals surface area contributed by atoms with Crippen molar-refractivity contribution in [3.8, 4) is 0 Å². The summed E-state index contributed by atoms with van der Waals surface area (Å²) < 4.78 is 0. The van der Waals surface area contributed by atoms with E-state index >= 15 is 0 Å². The molecule has 0 radical (unpaired) electrons. The van der Waals surface area contributed by atoms with Crippen LogP contribution in [0.25, 0.3) is 0 Å². The van der Waals surface area contributed by atoms with Gasteiger partial charge in [-0.2, -0.15) is 16.7 Å². The molecule has 1 atom stereocenters. The molecule has 18 heavy (non-hydrogen) atoms. The molecule has 1 aliphatic rings. The van der Waals surface area contributed by atoms with E-state index in [9.17, 15) is 0 Å². The zero-order chi connectivity index (χ0) is 13.0. The maximum Gasteiger partial charge on any atom is 0.224 e. The van der Waals surface area contributed by atoms with Gasteiger partial charge in [-0.3, -0.25) is 0 Å². The summed E-state index contributed by atoms with van der Waals surface area (Å²) in [7, 11) is 0. The third-order valence-electron chi connectivity index (χ3n) is 2.94. The zero-order valence-corrected chi connectivity index (χ0v) is 12.3. The Morgan fingerprint density at radius 2 is 2.33 bits per heavy atom. The van der Waals surface area contributed by atoms with Crippen molar-refractivity contribution < 1.29 is 0 Å². The molecule has 4 nitrogen and oxygen atoms in total. The number of nitrogens with one attached hydrogen (secondary N) is 1. The average molecular weight is 266 g/mol. The Balaban J connectivity index is 2.13. The number of nitrogens with zero attached hydrogens (tertiary/aromatic N) is 3. The second-order valence-electron chi connectivity index (χ2n) is 4.75. The van der Waals surface area contributed by atoms with Crippen LogP contribution in [-0.4, -0.2) is 40.6 Å². The van der Waals surface area contributed by atoms with Crippen LogP contribution >= 0.6 is 11.8 Å². The number of aryl methyl sites for hydroxylation is 1. The van der Waals surface area contributed by atoms with Gasteiger partial charge in [0.25, 0.3) is 0 Å². The van der Waals surface area contributed by atoms with E-state index in [-0.39, 0.29) is 0 Å². The fourth-order valence-electron chi connectivity index (χ4n) is 2.06. The Morgan fingerprint density at radius 1 is 1.50 bits per heavy atom. The summed E-state index contributed by atoms with van der Waals surface area (Å²) in [6.07, 6.45) is 1.09. The van der Waals surface area contributed by atoms with Gasteiger partial charge in [0.05, 0.1) is 0 Å². The molecule has 1 N–H and O–H groups in total. The smallest absolute Gasteiger partial charge is 0.224 e. The van der Waals surface area contributed by atoms with Crippen LogP contribution in [0.4, 0.5) is 11.8 Å². The van der Waals surface area contributed by atoms with E-state index in [0.717, 1.165) is 43.5 Å². The molecule has 1 fully saturated rings. The molecule has 0 amide bonds. The minimum absolute atomic E-state index is 0.682. The van der Waals surface area contributed by atoms with Crippen molar-refractivity contribution in [2.24, 2.45) is 0 Å². The standard InChI is InChI=1S/C13H22N4S/c1-4-5-14-13-15-10(2)8-12(16-13)17-6-7-18-11(3)9-17/h8,11H,4-7,9H2,1-3H3,(H,14,15,16). The van der Waals surface area contributed by atoms with Crippen molar-refractivity contribution in [2.75, 3.05) is 35.6 Å². The summed E-state index contributed by atoms with van der Waals surface area (Å²) in [5.74, 6) is 3.01. The highest BCUT2D eigenvalue weighted by Gasteiger charge is 2.18. The molecule has 0 aromatic carbocycles. The first kappa shape index (κ1) is 13.5. The lowest BCUT2D eigenvalue weighted by atomic mass is 10.3. The van der Waals surface area contributed by atoms with Crippen molar-refractivity contribution >= 4 is 23.5 Å². The van der Waals surface area contributed by atoms with Gasteiger partial charge in [-0.15, -0.1) is 0 Å². The van der Waals surface area contributed by atoms with E-state index in [0.29, 0.717) is 5.25 Å². The molecule has 0 aliphatic carbocycles. The highest BCUT2D eigenvalue weighted by Crippen LogP contribution is 2.23. The number of thioether (sulfide) groups is 1. The summed E-state index contributed by atoms with van der Waals surface area (Å²) in [5, 5.41) is 3.95. The van der Waals surface area contributed by atoms with Crippen molar-refractivity contribution in [2.45, 2.75) is 32.4 Å². The van der Waals surface area contributed by atoms with Gasteiger partial charge in [0.2, 0.25) is 5.95 Å². The molecule has 0 spiro atoms. The number of rotatable bonds is 4. The Kier molecular flexibility index (Phi) is 4.69. The minimum atomic E-state index is 0.682. The SMILES string of the molecule is CCCNc1nc(C)cc(N2CCSC(C)C2)n1. The van der Waals surface area contributed by atoms with Crippen LogP contribution in [0.15, 0.2) is 6.07 Å². The predicted octanol–water partition coefficient (Wildman–Crippen LogP) is 2.55. The average Bonchev–Trinajstić information content (AvgIpc) is 2.36. The van der Waals surface area contributed by atoms with Crippen molar-refractivity contribution in [3.63, 3.8) is 0 Å². The fourth-order valence-corrected chi connectivity index (χ4v) is 3.07. The highest BCUT2D eigenvalue weighted by molar-refractivity contribution is 8.00. The fraction of sp³-hybridized carbons (Fsp3) is 0.692. The summed E-state index contributed by atoms with van der Waals surface area (Å²) in [6, 6.07) is 2.08. The predicted molar refractivity (Wildman–Crippen MR) is 79.7 cm³/mol. The molecule has 2 heterocycles. The van der Waals surface area contributed by atoms with Gasteiger partial charge < -0.3 is 10.2 Å². The molecule has 0 bridgehead atoms. The Bertz CT molecular complexity index is 397. The van der Waals surface area contributed by atoms with Crippen LogP contribution < -0.4 is 10.2 Å². The third kappa shape index (κ3) is 3.51. The summed E-state index contributed by atoms with van der Waals surface area (Å²) in [5.41, 5.74) is 1.03. The van der Waals surface area contributed by atoms with E-state index in [1.165, 1.54) is 5.75 Å². The first-order valence-corrected chi connectivity index (χ1v) is 7.70. The maximum atomic E-state index is 4.62. The molecule has 1 aromatic heterocycles. The molecule has 1 aliphatic heterocycles. The molecule has 5 heteroatoms. The number of anilines is 2. The van der Waals surface area contributed by atoms with Gasteiger partial charge in [-0.05, 0) is 13.3 Å². The van der Waals surface area contributed by atoms with Crippen LogP contribution in [0.1, 0.15) is 26.0 Å². The summed E-state index contributed by atoms with van der Waals surface area (Å²) in [4.78, 5) is 11.4. The van der Waals surface area contributed by atoms with E-state index in [2.05, 4.69) is 40.1 Å². The van der Waals surface area contributed by atoms with Gasteiger partial charge in [0.15, 0.2) is 0 Å². The van der Waals surface area contributed by atoms with Gasteiger partial charge >= 0.3 is 0 Å². The van der Waals surface area contributed by atoms with Crippen molar-refractivity contribution in [1.82, 2.24) is 9.97 Å². The topological polar surface area (TPSA) is 41.1 Å². The van der Waals surface area contributed by atoms with Gasteiger partial charge in [-0.25, -0.2) is 4.98 Å². The van der Waals surface area contributed by atoms with Crippen LogP contribution in [0.5, 0.6) is 0 Å². The summed E-state index contributed by atoms with van der Waals surface area (Å²) in [6.45, 7) is 9.54. The normalized spacial score (nSPS) is 19.9. The zero-order valence-electron chi connectivity index (χ0n) is 11.4. The first-order chi connectivity index (χ1) is 8.69.